The first-order valence-corrected chi connectivity index (χ1v) is 10.5. The first-order chi connectivity index (χ1) is 14.5. The summed E-state index contributed by atoms with van der Waals surface area (Å²) in [4.78, 5) is 32.6. The van der Waals surface area contributed by atoms with Gasteiger partial charge in [0.1, 0.15) is 0 Å². The van der Waals surface area contributed by atoms with E-state index in [4.69, 9.17) is 0 Å². The quantitative estimate of drug-likeness (QED) is 0.507. The van der Waals surface area contributed by atoms with E-state index in [1.54, 1.807) is 22.9 Å². The number of hydrogen-bond acceptors (Lipinski definition) is 3. The van der Waals surface area contributed by atoms with Crippen molar-refractivity contribution in [2.45, 2.75) is 33.9 Å². The molecular formula is C23H33N5O2. The third kappa shape index (κ3) is 6.76. The molecule has 0 saturated carbocycles. The molecule has 1 N–H and O–H groups in total. The lowest BCUT2D eigenvalue weighted by Gasteiger charge is -2.25. The van der Waals surface area contributed by atoms with Crippen LogP contribution < -0.4 is 10.9 Å². The van der Waals surface area contributed by atoms with Gasteiger partial charge in [0.2, 0.25) is 5.91 Å². The van der Waals surface area contributed by atoms with Crippen LogP contribution in [0.15, 0.2) is 58.4 Å². The zero-order chi connectivity index (χ0) is 21.9. The zero-order valence-electron chi connectivity index (χ0n) is 18.5. The van der Waals surface area contributed by atoms with Gasteiger partial charge in [-0.25, -0.2) is 4.99 Å². The maximum absolute atomic E-state index is 12.4. The van der Waals surface area contributed by atoms with Crippen molar-refractivity contribution in [2.24, 2.45) is 4.99 Å². The predicted octanol–water partition coefficient (Wildman–Crippen LogP) is 2.16. The Kier molecular flexibility index (Phi) is 9.12. The minimum Gasteiger partial charge on any atom is -0.357 e. The minimum atomic E-state index is -0.0104. The van der Waals surface area contributed by atoms with E-state index in [1.165, 1.54) is 0 Å². The summed E-state index contributed by atoms with van der Waals surface area (Å²) in [6, 6.07) is 13.3. The van der Waals surface area contributed by atoms with E-state index >= 15 is 0 Å². The Bertz CT molecular complexity index is 885. The van der Waals surface area contributed by atoms with Gasteiger partial charge in [0.25, 0.3) is 5.56 Å². The number of rotatable bonds is 9. The maximum Gasteiger partial charge on any atom is 0.250 e. The minimum absolute atomic E-state index is 0.0104. The molecule has 7 nitrogen and oxygen atoms in total. The first-order valence-electron chi connectivity index (χ1n) is 10.5. The molecule has 1 aromatic heterocycles. The average molecular weight is 412 g/mol. The zero-order valence-corrected chi connectivity index (χ0v) is 18.5. The summed E-state index contributed by atoms with van der Waals surface area (Å²) >= 11 is 0. The Balaban J connectivity index is 2.02. The van der Waals surface area contributed by atoms with Crippen molar-refractivity contribution in [2.75, 3.05) is 33.2 Å². The van der Waals surface area contributed by atoms with Gasteiger partial charge in [-0.2, -0.15) is 0 Å². The van der Waals surface area contributed by atoms with Crippen LogP contribution in [0.5, 0.6) is 0 Å². The fraction of sp³-hybridized carbons (Fsp3) is 0.435. The number of nitrogens with zero attached hydrogens (tertiary/aromatic N) is 4. The monoisotopic (exact) mass is 411 g/mol. The van der Waals surface area contributed by atoms with E-state index in [2.05, 4.69) is 10.3 Å². The molecule has 1 aromatic carbocycles. The van der Waals surface area contributed by atoms with Crippen LogP contribution in [0.1, 0.15) is 31.9 Å². The molecule has 0 aliphatic rings. The van der Waals surface area contributed by atoms with Crippen molar-refractivity contribution in [1.82, 2.24) is 19.7 Å². The normalized spacial score (nSPS) is 11.3. The van der Waals surface area contributed by atoms with E-state index in [0.717, 1.165) is 17.7 Å². The molecule has 2 rings (SSSR count). The van der Waals surface area contributed by atoms with Crippen LogP contribution in [0, 0.1) is 0 Å². The molecule has 0 bridgehead atoms. The van der Waals surface area contributed by atoms with Gasteiger partial charge in [0.05, 0.1) is 19.6 Å². The Morgan fingerprint density at radius 1 is 1.03 bits per heavy atom. The molecular weight excluding hydrogens is 378 g/mol. The third-order valence-electron chi connectivity index (χ3n) is 4.87. The van der Waals surface area contributed by atoms with Crippen molar-refractivity contribution in [3.05, 3.63) is 70.1 Å². The van der Waals surface area contributed by atoms with E-state index in [1.807, 2.05) is 68.0 Å². The molecule has 0 unspecified atom stereocenters. The van der Waals surface area contributed by atoms with Gasteiger partial charge < -0.3 is 19.7 Å². The number of carbonyl (C=O) groups excluding carboxylic acids is 1. The lowest BCUT2D eigenvalue weighted by Crippen LogP contribution is -2.45. The summed E-state index contributed by atoms with van der Waals surface area (Å²) in [7, 11) is 1.88. The highest BCUT2D eigenvalue weighted by Gasteiger charge is 2.14. The largest absolute Gasteiger partial charge is 0.357 e. The van der Waals surface area contributed by atoms with Crippen molar-refractivity contribution in [3.63, 3.8) is 0 Å². The maximum atomic E-state index is 12.4. The van der Waals surface area contributed by atoms with Crippen LogP contribution in [0.2, 0.25) is 0 Å². The van der Waals surface area contributed by atoms with E-state index in [9.17, 15) is 9.59 Å². The van der Waals surface area contributed by atoms with Crippen LogP contribution in [-0.2, 0) is 17.9 Å². The Labute approximate surface area is 179 Å². The molecule has 1 amide bonds. The lowest BCUT2D eigenvalue weighted by atomic mass is 10.1. The SMILES string of the molecule is CCNC(=NCc1ccc(Cn2ccccc2=O)cc1)N(C)CC(=O)N(CC)CC. The molecule has 0 aliphatic carbocycles. The van der Waals surface area contributed by atoms with Crippen molar-refractivity contribution < 1.29 is 4.79 Å². The number of benzene rings is 1. The fourth-order valence-electron chi connectivity index (χ4n) is 3.13. The highest BCUT2D eigenvalue weighted by atomic mass is 16.2. The smallest absolute Gasteiger partial charge is 0.250 e. The summed E-state index contributed by atoms with van der Waals surface area (Å²) in [6.07, 6.45) is 1.79. The summed E-state index contributed by atoms with van der Waals surface area (Å²) in [5.74, 6) is 0.798. The molecule has 0 saturated heterocycles. The molecule has 0 radical (unpaired) electrons. The van der Waals surface area contributed by atoms with Crippen molar-refractivity contribution in [1.29, 1.82) is 0 Å². The number of aromatic nitrogens is 1. The second kappa shape index (κ2) is 11.8. The highest BCUT2D eigenvalue weighted by Crippen LogP contribution is 2.07. The average Bonchev–Trinajstić information content (AvgIpc) is 2.74. The second-order valence-corrected chi connectivity index (χ2v) is 7.08. The summed E-state index contributed by atoms with van der Waals surface area (Å²) in [6.45, 7) is 9.47. The number of pyridine rings is 1. The van der Waals surface area contributed by atoms with Crippen LogP contribution >= 0.6 is 0 Å². The Morgan fingerprint density at radius 3 is 2.30 bits per heavy atom. The van der Waals surface area contributed by atoms with Gasteiger partial charge in [0, 0.05) is 38.9 Å². The predicted molar refractivity (Wildman–Crippen MR) is 122 cm³/mol. The number of guanidine groups is 1. The van der Waals surface area contributed by atoms with Crippen LogP contribution in [0.3, 0.4) is 0 Å². The standard InChI is InChI=1S/C23H33N5O2/c1-5-24-23(26(4)18-22(30)27(6-2)7-3)25-16-19-11-13-20(14-12-19)17-28-15-9-8-10-21(28)29/h8-15H,5-7,16-18H2,1-4H3,(H,24,25). The number of aliphatic imine (C=N–C) groups is 1. The fourth-order valence-corrected chi connectivity index (χ4v) is 3.13. The highest BCUT2D eigenvalue weighted by molar-refractivity contribution is 5.86. The second-order valence-electron chi connectivity index (χ2n) is 7.08. The molecule has 0 fully saturated rings. The molecule has 1 heterocycles. The van der Waals surface area contributed by atoms with Crippen LogP contribution in [0.4, 0.5) is 0 Å². The summed E-state index contributed by atoms with van der Waals surface area (Å²) in [5, 5.41) is 3.25. The van der Waals surface area contributed by atoms with Gasteiger partial charge in [-0.05, 0) is 38.0 Å². The number of carbonyl (C=O) groups is 1. The van der Waals surface area contributed by atoms with Gasteiger partial charge in [-0.3, -0.25) is 9.59 Å². The van der Waals surface area contributed by atoms with Crippen molar-refractivity contribution in [3.8, 4) is 0 Å². The third-order valence-corrected chi connectivity index (χ3v) is 4.87. The van der Waals surface area contributed by atoms with Gasteiger partial charge >= 0.3 is 0 Å². The van der Waals surface area contributed by atoms with E-state index in [-0.39, 0.29) is 18.0 Å². The van der Waals surface area contributed by atoms with Crippen molar-refractivity contribution >= 4 is 11.9 Å². The topological polar surface area (TPSA) is 69.9 Å². The van der Waals surface area contributed by atoms with Crippen LogP contribution in [0.25, 0.3) is 0 Å². The van der Waals surface area contributed by atoms with Crippen LogP contribution in [-0.4, -0.2) is 59.5 Å². The first kappa shape index (κ1) is 23.2. The molecule has 0 spiro atoms. The number of nitrogens with one attached hydrogen (secondary N) is 1. The van der Waals surface area contributed by atoms with E-state index < -0.39 is 0 Å². The molecule has 0 atom stereocenters. The molecule has 2 aromatic rings. The molecule has 7 heteroatoms. The lowest BCUT2D eigenvalue weighted by molar-refractivity contribution is -0.131. The summed E-state index contributed by atoms with van der Waals surface area (Å²) < 4.78 is 1.68. The summed E-state index contributed by atoms with van der Waals surface area (Å²) in [5.41, 5.74) is 2.12. The number of amides is 1. The number of hydrogen-bond donors (Lipinski definition) is 1. The van der Waals surface area contributed by atoms with Gasteiger partial charge in [-0.1, -0.05) is 30.3 Å². The Hall–Kier alpha value is -3.09. The van der Waals surface area contributed by atoms with E-state index in [0.29, 0.717) is 32.1 Å². The molecule has 30 heavy (non-hydrogen) atoms. The van der Waals surface area contributed by atoms with Gasteiger partial charge in [0.15, 0.2) is 5.96 Å². The number of likely N-dealkylation sites (N-methyl/N-ethyl adjacent to an activating group) is 2. The Morgan fingerprint density at radius 2 is 1.70 bits per heavy atom. The van der Waals surface area contributed by atoms with Gasteiger partial charge in [-0.15, -0.1) is 0 Å². The molecule has 162 valence electrons. The molecule has 0 aliphatic heterocycles.